The van der Waals surface area contributed by atoms with Crippen molar-refractivity contribution in [3.05, 3.63) is 46.0 Å². The van der Waals surface area contributed by atoms with Gasteiger partial charge in [-0.2, -0.15) is 0 Å². The molecule has 3 aromatic rings. The molecule has 0 saturated carbocycles. The predicted molar refractivity (Wildman–Crippen MR) is 73.2 cm³/mol. The lowest BCUT2D eigenvalue weighted by Gasteiger charge is -2.11. The Balaban J connectivity index is 1.83. The molecule has 0 aliphatic carbocycles. The Bertz CT molecular complexity index is 630. The summed E-state index contributed by atoms with van der Waals surface area (Å²) in [5, 5.41) is 2.01. The van der Waals surface area contributed by atoms with Gasteiger partial charge >= 0.3 is 0 Å². The number of nitrogens with two attached hydrogens (primary N) is 1. The first-order chi connectivity index (χ1) is 8.76. The molecular weight excluding hydrogens is 316 g/mol. The lowest BCUT2D eigenvalue weighted by Crippen LogP contribution is -2.29. The molecule has 18 heavy (non-hydrogen) atoms. The van der Waals surface area contributed by atoms with Gasteiger partial charge in [0.05, 0.1) is 11.7 Å². The third-order valence-electron chi connectivity index (χ3n) is 2.70. The smallest absolute Gasteiger partial charge is 0.193 e. The number of hydrazine groups is 1. The van der Waals surface area contributed by atoms with Crippen LogP contribution in [0.2, 0.25) is 0 Å². The molecule has 3 N–H and O–H groups in total. The minimum absolute atomic E-state index is 0.0825. The van der Waals surface area contributed by atoms with Gasteiger partial charge in [0.15, 0.2) is 9.63 Å². The molecule has 0 saturated heterocycles. The first kappa shape index (κ1) is 11.9. The number of halogens is 1. The molecule has 5 nitrogen and oxygen atoms in total. The number of furan rings is 1. The number of hydrogen-bond donors (Lipinski definition) is 2. The summed E-state index contributed by atoms with van der Waals surface area (Å²) < 4.78 is 8.21. The molecule has 0 aromatic carbocycles. The van der Waals surface area contributed by atoms with Crippen molar-refractivity contribution in [2.45, 2.75) is 12.5 Å². The van der Waals surface area contributed by atoms with E-state index < -0.39 is 0 Å². The maximum atomic E-state index is 5.57. The summed E-state index contributed by atoms with van der Waals surface area (Å²) in [6.45, 7) is 0. The lowest BCUT2D eigenvalue weighted by atomic mass is 10.1. The lowest BCUT2D eigenvalue weighted by molar-refractivity contribution is 0.403. The van der Waals surface area contributed by atoms with Crippen molar-refractivity contribution in [3.63, 3.8) is 0 Å². The van der Waals surface area contributed by atoms with Gasteiger partial charge in [0.25, 0.3) is 0 Å². The van der Waals surface area contributed by atoms with Crippen molar-refractivity contribution in [2.75, 3.05) is 0 Å². The molecule has 0 spiro atoms. The van der Waals surface area contributed by atoms with Gasteiger partial charge in [-0.1, -0.05) is 0 Å². The first-order valence-corrected chi connectivity index (χ1v) is 7.06. The second-order valence-corrected chi connectivity index (χ2v) is 5.54. The Morgan fingerprint density at radius 1 is 1.56 bits per heavy atom. The van der Waals surface area contributed by atoms with E-state index in [2.05, 4.69) is 26.3 Å². The van der Waals surface area contributed by atoms with Crippen molar-refractivity contribution in [3.8, 4) is 0 Å². The van der Waals surface area contributed by atoms with Crippen molar-refractivity contribution < 1.29 is 4.42 Å². The maximum Gasteiger partial charge on any atom is 0.193 e. The van der Waals surface area contributed by atoms with E-state index in [1.165, 1.54) is 0 Å². The summed E-state index contributed by atoms with van der Waals surface area (Å²) in [5.41, 5.74) is 3.74. The third kappa shape index (κ3) is 2.22. The van der Waals surface area contributed by atoms with Gasteiger partial charge in [-0.3, -0.25) is 10.2 Å². The van der Waals surface area contributed by atoms with Crippen LogP contribution in [0.25, 0.3) is 4.96 Å². The van der Waals surface area contributed by atoms with E-state index in [-0.39, 0.29) is 6.04 Å². The van der Waals surface area contributed by atoms with Crippen molar-refractivity contribution in [1.82, 2.24) is 14.8 Å². The molecule has 0 radical (unpaired) electrons. The number of rotatable bonds is 4. The number of nitrogens with zero attached hydrogens (tertiary/aromatic N) is 2. The van der Waals surface area contributed by atoms with Crippen LogP contribution >= 0.6 is 27.3 Å². The number of imidazole rings is 1. The number of thiazole rings is 1. The highest BCUT2D eigenvalue weighted by molar-refractivity contribution is 9.10. The second-order valence-electron chi connectivity index (χ2n) is 3.89. The minimum atomic E-state index is -0.0825. The number of hydrogen-bond acceptors (Lipinski definition) is 5. The van der Waals surface area contributed by atoms with Crippen molar-refractivity contribution >= 4 is 32.2 Å². The van der Waals surface area contributed by atoms with Gasteiger partial charge in [-0.05, 0) is 28.1 Å². The molecule has 0 aliphatic heterocycles. The zero-order chi connectivity index (χ0) is 12.5. The molecule has 7 heteroatoms. The van der Waals surface area contributed by atoms with Gasteiger partial charge in [0.2, 0.25) is 0 Å². The van der Waals surface area contributed by atoms with E-state index >= 15 is 0 Å². The summed E-state index contributed by atoms with van der Waals surface area (Å²) in [6.07, 6.45) is 4.68. The highest BCUT2D eigenvalue weighted by Gasteiger charge is 2.16. The van der Waals surface area contributed by atoms with E-state index in [4.69, 9.17) is 10.3 Å². The fourth-order valence-electron chi connectivity index (χ4n) is 1.84. The molecule has 1 atom stereocenters. The molecule has 0 fully saturated rings. The molecule has 3 rings (SSSR count). The minimum Gasteiger partial charge on any atom is -0.453 e. The Morgan fingerprint density at radius 2 is 2.44 bits per heavy atom. The van der Waals surface area contributed by atoms with Crippen molar-refractivity contribution in [1.29, 1.82) is 0 Å². The van der Waals surface area contributed by atoms with E-state index in [1.807, 2.05) is 34.3 Å². The van der Waals surface area contributed by atoms with E-state index in [0.29, 0.717) is 11.1 Å². The zero-order valence-corrected chi connectivity index (χ0v) is 11.7. The topological polar surface area (TPSA) is 68.5 Å². The van der Waals surface area contributed by atoms with E-state index in [0.717, 1.165) is 16.4 Å². The zero-order valence-electron chi connectivity index (χ0n) is 9.34. The predicted octanol–water partition coefficient (Wildman–Crippen LogP) is 2.50. The summed E-state index contributed by atoms with van der Waals surface area (Å²) >= 11 is 4.90. The van der Waals surface area contributed by atoms with E-state index in [1.54, 1.807) is 11.3 Å². The summed E-state index contributed by atoms with van der Waals surface area (Å²) in [5.74, 6) is 6.37. The largest absolute Gasteiger partial charge is 0.453 e. The Hall–Kier alpha value is -1.15. The number of aromatic nitrogens is 2. The van der Waals surface area contributed by atoms with Crippen LogP contribution in [0.4, 0.5) is 0 Å². The Kier molecular flexibility index (Phi) is 3.21. The van der Waals surface area contributed by atoms with Crippen LogP contribution in [0.3, 0.4) is 0 Å². The second kappa shape index (κ2) is 4.85. The quantitative estimate of drug-likeness (QED) is 0.571. The third-order valence-corrected chi connectivity index (χ3v) is 3.89. The molecule has 0 amide bonds. The summed E-state index contributed by atoms with van der Waals surface area (Å²) in [4.78, 5) is 5.51. The maximum absolute atomic E-state index is 5.57. The first-order valence-electron chi connectivity index (χ1n) is 5.38. The molecule has 94 valence electrons. The Morgan fingerprint density at radius 3 is 3.11 bits per heavy atom. The molecule has 0 bridgehead atoms. The average Bonchev–Trinajstić information content (AvgIpc) is 3.00. The molecule has 1 unspecified atom stereocenters. The van der Waals surface area contributed by atoms with Gasteiger partial charge in [0.1, 0.15) is 5.76 Å². The monoisotopic (exact) mass is 326 g/mol. The SMILES string of the molecule is NNC(Cc1cn2ccsc2n1)c1ccc(Br)o1. The van der Waals surface area contributed by atoms with Crippen LogP contribution in [-0.2, 0) is 6.42 Å². The van der Waals surface area contributed by atoms with Gasteiger partial charge < -0.3 is 4.42 Å². The summed E-state index contributed by atoms with van der Waals surface area (Å²) in [6, 6.07) is 3.67. The molecule has 3 aromatic heterocycles. The fourth-order valence-corrected chi connectivity index (χ4v) is 2.88. The highest BCUT2D eigenvalue weighted by Crippen LogP contribution is 2.23. The van der Waals surface area contributed by atoms with Gasteiger partial charge in [-0.25, -0.2) is 10.4 Å². The van der Waals surface area contributed by atoms with Crippen LogP contribution in [0.1, 0.15) is 17.5 Å². The molecular formula is C11H11BrN4OS. The van der Waals surface area contributed by atoms with Crippen LogP contribution in [0.5, 0.6) is 0 Å². The molecule has 0 aliphatic rings. The standard InChI is InChI=1S/C11H11BrN4OS/c12-10-2-1-9(17-10)8(15-13)5-7-6-16-3-4-18-11(16)14-7/h1-4,6,8,15H,5,13H2. The average molecular weight is 327 g/mol. The van der Waals surface area contributed by atoms with Gasteiger partial charge in [0, 0.05) is 24.2 Å². The van der Waals surface area contributed by atoms with Crippen LogP contribution in [-0.4, -0.2) is 9.38 Å². The molecule has 3 heterocycles. The highest BCUT2D eigenvalue weighted by atomic mass is 79.9. The van der Waals surface area contributed by atoms with E-state index in [9.17, 15) is 0 Å². The van der Waals surface area contributed by atoms with Crippen LogP contribution < -0.4 is 11.3 Å². The van der Waals surface area contributed by atoms with Crippen molar-refractivity contribution in [2.24, 2.45) is 5.84 Å². The van der Waals surface area contributed by atoms with Gasteiger partial charge in [-0.15, -0.1) is 11.3 Å². The summed E-state index contributed by atoms with van der Waals surface area (Å²) in [7, 11) is 0. The fraction of sp³-hybridized carbons (Fsp3) is 0.182. The number of nitrogens with one attached hydrogen (secondary N) is 1. The normalized spacial score (nSPS) is 13.2. The Labute approximate surface area is 116 Å². The van der Waals surface area contributed by atoms with Crippen LogP contribution in [0.15, 0.2) is 39.0 Å². The number of fused-ring (bicyclic) bond motifs is 1. The van der Waals surface area contributed by atoms with Crippen LogP contribution in [0, 0.1) is 0 Å².